The van der Waals surface area contributed by atoms with Crippen molar-refractivity contribution in [3.05, 3.63) is 95.1 Å². The molecule has 0 spiro atoms. The third-order valence-electron chi connectivity index (χ3n) is 5.21. The number of fused-ring (bicyclic) bond motifs is 1. The van der Waals surface area contributed by atoms with Crippen LogP contribution in [0.25, 0.3) is 27.5 Å². The summed E-state index contributed by atoms with van der Waals surface area (Å²) in [4.78, 5) is 5.66. The van der Waals surface area contributed by atoms with E-state index in [9.17, 15) is 4.39 Å². The van der Waals surface area contributed by atoms with Gasteiger partial charge in [0, 0.05) is 16.6 Å². The third-order valence-corrected chi connectivity index (χ3v) is 6.03. The molecule has 5 aromatic rings. The van der Waals surface area contributed by atoms with E-state index in [1.165, 1.54) is 6.07 Å². The van der Waals surface area contributed by atoms with Crippen molar-refractivity contribution in [3.8, 4) is 22.5 Å². The molecule has 0 fully saturated rings. The molecule has 30 heavy (non-hydrogen) atoms. The maximum atomic E-state index is 14.8. The minimum atomic E-state index is -0.277. The van der Waals surface area contributed by atoms with E-state index in [1.54, 1.807) is 17.4 Å². The van der Waals surface area contributed by atoms with Crippen molar-refractivity contribution in [1.29, 1.82) is 0 Å². The van der Waals surface area contributed by atoms with Crippen LogP contribution in [0.3, 0.4) is 0 Å². The number of nitrogens with one attached hydrogen (secondary N) is 1. The van der Waals surface area contributed by atoms with Gasteiger partial charge in [0.05, 0.1) is 5.69 Å². The first kappa shape index (κ1) is 18.6. The molecule has 5 rings (SSSR count). The maximum absolute atomic E-state index is 14.8. The lowest BCUT2D eigenvalue weighted by Crippen LogP contribution is -2.00. The monoisotopic (exact) mass is 413 g/mol. The van der Waals surface area contributed by atoms with E-state index in [2.05, 4.69) is 40.2 Å². The Morgan fingerprint density at radius 2 is 1.70 bits per heavy atom. The molecule has 0 amide bonds. The molecule has 0 unspecified atom stereocenters. The summed E-state index contributed by atoms with van der Waals surface area (Å²) in [5.74, 6) is 0.490. The Morgan fingerprint density at radius 1 is 0.933 bits per heavy atom. The molecule has 0 aliphatic heterocycles. The number of hydrogen-bond donors (Lipinski definition) is 1. The van der Waals surface area contributed by atoms with E-state index < -0.39 is 0 Å². The van der Waals surface area contributed by atoms with Gasteiger partial charge >= 0.3 is 0 Å². The fourth-order valence-corrected chi connectivity index (χ4v) is 4.53. The van der Waals surface area contributed by atoms with Gasteiger partial charge in [0.2, 0.25) is 0 Å². The molecular formula is C25H20FN3S. The fourth-order valence-electron chi connectivity index (χ4n) is 3.63. The SMILES string of the molecule is Cc1ccc(F)c(-c2nc3scc(-c4ccccc4)n3c2Nc2ccccc2C)c1. The van der Waals surface area contributed by atoms with E-state index in [1.807, 2.05) is 49.4 Å². The summed E-state index contributed by atoms with van der Waals surface area (Å²) < 4.78 is 16.9. The zero-order chi connectivity index (χ0) is 20.7. The van der Waals surface area contributed by atoms with Crippen molar-refractivity contribution in [2.24, 2.45) is 0 Å². The van der Waals surface area contributed by atoms with E-state index >= 15 is 0 Å². The summed E-state index contributed by atoms with van der Waals surface area (Å²) in [7, 11) is 0. The highest BCUT2D eigenvalue weighted by atomic mass is 32.1. The minimum absolute atomic E-state index is 0.277. The highest BCUT2D eigenvalue weighted by molar-refractivity contribution is 7.15. The lowest BCUT2D eigenvalue weighted by atomic mass is 10.1. The summed E-state index contributed by atoms with van der Waals surface area (Å²) in [6, 6.07) is 23.4. The average molecular weight is 414 g/mol. The van der Waals surface area contributed by atoms with Crippen LogP contribution in [-0.4, -0.2) is 9.38 Å². The van der Waals surface area contributed by atoms with E-state index in [0.29, 0.717) is 11.3 Å². The molecule has 1 N–H and O–H groups in total. The van der Waals surface area contributed by atoms with Gasteiger partial charge in [-0.15, -0.1) is 11.3 Å². The van der Waals surface area contributed by atoms with Gasteiger partial charge in [-0.2, -0.15) is 0 Å². The van der Waals surface area contributed by atoms with Crippen molar-refractivity contribution in [1.82, 2.24) is 9.38 Å². The predicted octanol–water partition coefficient (Wildman–Crippen LogP) is 7.23. The molecule has 0 aliphatic rings. The Morgan fingerprint density at radius 3 is 2.50 bits per heavy atom. The molecule has 0 saturated heterocycles. The van der Waals surface area contributed by atoms with Gasteiger partial charge in [0.15, 0.2) is 4.96 Å². The van der Waals surface area contributed by atoms with Gasteiger partial charge < -0.3 is 5.32 Å². The number of para-hydroxylation sites is 1. The van der Waals surface area contributed by atoms with Crippen LogP contribution in [0.2, 0.25) is 0 Å². The first-order valence-corrected chi connectivity index (χ1v) is 10.6. The zero-order valence-electron chi connectivity index (χ0n) is 16.7. The Balaban J connectivity index is 1.79. The number of anilines is 2. The first-order valence-electron chi connectivity index (χ1n) is 9.76. The van der Waals surface area contributed by atoms with Crippen LogP contribution in [0.5, 0.6) is 0 Å². The quantitative estimate of drug-likeness (QED) is 0.337. The second kappa shape index (κ2) is 7.43. The summed E-state index contributed by atoms with van der Waals surface area (Å²) in [6.07, 6.45) is 0. The summed E-state index contributed by atoms with van der Waals surface area (Å²) in [6.45, 7) is 4.02. The molecule has 0 aliphatic carbocycles. The Bertz CT molecular complexity index is 1350. The van der Waals surface area contributed by atoms with Crippen molar-refractivity contribution >= 4 is 27.8 Å². The average Bonchev–Trinajstić information content (AvgIpc) is 3.32. The third kappa shape index (κ3) is 3.17. The summed E-state index contributed by atoms with van der Waals surface area (Å²) >= 11 is 1.55. The van der Waals surface area contributed by atoms with Gasteiger partial charge in [-0.1, -0.05) is 60.2 Å². The van der Waals surface area contributed by atoms with E-state index in [4.69, 9.17) is 4.98 Å². The fraction of sp³-hybridized carbons (Fsp3) is 0.0800. The molecule has 0 bridgehead atoms. The number of aromatic nitrogens is 2. The molecule has 3 aromatic carbocycles. The first-order chi connectivity index (χ1) is 14.6. The van der Waals surface area contributed by atoms with Crippen LogP contribution in [0.15, 0.2) is 78.2 Å². The Hall–Kier alpha value is -3.44. The number of halogens is 1. The molecule has 2 heterocycles. The minimum Gasteiger partial charge on any atom is -0.339 e. The van der Waals surface area contributed by atoms with Crippen LogP contribution >= 0.6 is 11.3 Å². The zero-order valence-corrected chi connectivity index (χ0v) is 17.5. The van der Waals surface area contributed by atoms with Crippen LogP contribution in [0.4, 0.5) is 15.9 Å². The van der Waals surface area contributed by atoms with Gasteiger partial charge in [-0.25, -0.2) is 9.37 Å². The molecule has 3 nitrogen and oxygen atoms in total. The van der Waals surface area contributed by atoms with Crippen molar-refractivity contribution in [2.75, 3.05) is 5.32 Å². The Labute approximate surface area is 178 Å². The lowest BCUT2D eigenvalue weighted by Gasteiger charge is -2.13. The van der Waals surface area contributed by atoms with Crippen LogP contribution in [0, 0.1) is 19.7 Å². The van der Waals surface area contributed by atoms with E-state index in [0.717, 1.165) is 38.9 Å². The second-order valence-electron chi connectivity index (χ2n) is 7.34. The molecule has 0 saturated carbocycles. The number of hydrogen-bond acceptors (Lipinski definition) is 3. The maximum Gasteiger partial charge on any atom is 0.196 e. The topological polar surface area (TPSA) is 29.3 Å². The second-order valence-corrected chi connectivity index (χ2v) is 8.17. The van der Waals surface area contributed by atoms with Gasteiger partial charge in [0.1, 0.15) is 17.3 Å². The number of thiazole rings is 1. The predicted molar refractivity (Wildman–Crippen MR) is 123 cm³/mol. The Kier molecular flexibility index (Phi) is 4.60. The number of rotatable bonds is 4. The van der Waals surface area contributed by atoms with Crippen LogP contribution < -0.4 is 5.32 Å². The van der Waals surface area contributed by atoms with E-state index in [-0.39, 0.29) is 5.82 Å². The molecule has 5 heteroatoms. The number of nitrogens with zero attached hydrogens (tertiary/aromatic N) is 2. The summed E-state index contributed by atoms with van der Waals surface area (Å²) in [5, 5.41) is 5.64. The van der Waals surface area contributed by atoms with Gasteiger partial charge in [-0.3, -0.25) is 4.40 Å². The van der Waals surface area contributed by atoms with Crippen molar-refractivity contribution in [2.45, 2.75) is 13.8 Å². The molecule has 0 atom stereocenters. The van der Waals surface area contributed by atoms with Gasteiger partial charge in [-0.05, 0) is 43.2 Å². The number of benzene rings is 3. The van der Waals surface area contributed by atoms with Gasteiger partial charge in [0.25, 0.3) is 0 Å². The summed E-state index contributed by atoms with van der Waals surface area (Å²) in [5.41, 5.74) is 6.31. The number of imidazole rings is 1. The highest BCUT2D eigenvalue weighted by Crippen LogP contribution is 2.38. The largest absolute Gasteiger partial charge is 0.339 e. The van der Waals surface area contributed by atoms with Crippen molar-refractivity contribution in [3.63, 3.8) is 0 Å². The number of aryl methyl sites for hydroxylation is 2. The molecule has 148 valence electrons. The van der Waals surface area contributed by atoms with Crippen molar-refractivity contribution < 1.29 is 4.39 Å². The molecule has 0 radical (unpaired) electrons. The highest BCUT2D eigenvalue weighted by Gasteiger charge is 2.21. The standard InChI is InChI=1S/C25H20FN3S/c1-16-12-13-20(26)19(14-16)23-24(27-21-11-7-6-8-17(21)2)29-22(15-30-25(29)28-23)18-9-4-3-5-10-18/h3-15,27H,1-2H3. The van der Waals surface area contributed by atoms with Crippen LogP contribution in [-0.2, 0) is 0 Å². The smallest absolute Gasteiger partial charge is 0.196 e. The lowest BCUT2D eigenvalue weighted by molar-refractivity contribution is 0.630. The molecule has 2 aromatic heterocycles. The van der Waals surface area contributed by atoms with Crippen LogP contribution in [0.1, 0.15) is 11.1 Å². The molecular weight excluding hydrogens is 393 g/mol. The normalized spacial score (nSPS) is 11.2.